The molecule has 0 aromatic carbocycles. The SMILES string of the molecule is CNCC1OCCN2NC3C=CC=CC3=C12. The highest BCUT2D eigenvalue weighted by Crippen LogP contribution is 2.30. The van der Waals surface area contributed by atoms with Crippen LogP contribution in [0, 0.1) is 0 Å². The molecular formula is C12H17N3O. The second-order valence-electron chi connectivity index (χ2n) is 4.26. The van der Waals surface area contributed by atoms with Gasteiger partial charge in [-0.15, -0.1) is 0 Å². The van der Waals surface area contributed by atoms with E-state index in [0.29, 0.717) is 6.04 Å². The van der Waals surface area contributed by atoms with Gasteiger partial charge in [0, 0.05) is 6.54 Å². The standard InChI is InChI=1S/C12H17N3O/c1-13-8-11-12-9-4-2-3-5-10(9)14-15(12)6-7-16-11/h2-5,10-11,13-14H,6-8H2,1H3. The number of ether oxygens (including phenoxy) is 1. The van der Waals surface area contributed by atoms with Crippen molar-refractivity contribution in [1.82, 2.24) is 15.8 Å². The van der Waals surface area contributed by atoms with Crippen LogP contribution in [-0.4, -0.2) is 43.9 Å². The summed E-state index contributed by atoms with van der Waals surface area (Å²) in [6.45, 7) is 2.58. The number of rotatable bonds is 2. The number of fused-ring (bicyclic) bond motifs is 2. The van der Waals surface area contributed by atoms with Crippen LogP contribution in [0.2, 0.25) is 0 Å². The van der Waals surface area contributed by atoms with E-state index in [1.807, 2.05) is 7.05 Å². The van der Waals surface area contributed by atoms with Gasteiger partial charge in [-0.2, -0.15) is 0 Å². The minimum absolute atomic E-state index is 0.169. The van der Waals surface area contributed by atoms with Crippen molar-refractivity contribution in [3.63, 3.8) is 0 Å². The van der Waals surface area contributed by atoms with Crippen LogP contribution >= 0.6 is 0 Å². The Bertz CT molecular complexity index is 370. The Morgan fingerprint density at radius 3 is 3.38 bits per heavy atom. The Morgan fingerprint density at radius 2 is 2.50 bits per heavy atom. The molecule has 0 aromatic heterocycles. The Hall–Kier alpha value is -1.10. The Labute approximate surface area is 95.6 Å². The van der Waals surface area contributed by atoms with E-state index in [9.17, 15) is 0 Å². The maximum atomic E-state index is 5.82. The van der Waals surface area contributed by atoms with Gasteiger partial charge < -0.3 is 15.1 Å². The van der Waals surface area contributed by atoms with Gasteiger partial charge >= 0.3 is 0 Å². The van der Waals surface area contributed by atoms with E-state index < -0.39 is 0 Å². The predicted molar refractivity (Wildman–Crippen MR) is 62.6 cm³/mol. The first-order chi connectivity index (χ1) is 7.90. The summed E-state index contributed by atoms with van der Waals surface area (Å²) < 4.78 is 5.82. The number of hydrazine groups is 1. The molecule has 0 amide bonds. The third-order valence-electron chi connectivity index (χ3n) is 3.24. The lowest BCUT2D eigenvalue weighted by Crippen LogP contribution is -2.47. The highest BCUT2D eigenvalue weighted by Gasteiger charge is 2.36. The molecule has 86 valence electrons. The molecule has 0 saturated carbocycles. The molecule has 3 rings (SSSR count). The predicted octanol–water partition coefficient (Wildman–Crippen LogP) is 0.174. The maximum Gasteiger partial charge on any atom is 0.111 e. The molecule has 2 unspecified atom stereocenters. The molecule has 2 atom stereocenters. The molecule has 16 heavy (non-hydrogen) atoms. The first-order valence-electron chi connectivity index (χ1n) is 5.79. The lowest BCUT2D eigenvalue weighted by molar-refractivity contribution is -0.000730. The van der Waals surface area contributed by atoms with Crippen LogP contribution in [0.5, 0.6) is 0 Å². The number of nitrogens with one attached hydrogen (secondary N) is 2. The van der Waals surface area contributed by atoms with Crippen LogP contribution in [-0.2, 0) is 4.74 Å². The second-order valence-corrected chi connectivity index (χ2v) is 4.26. The topological polar surface area (TPSA) is 36.5 Å². The molecule has 0 radical (unpaired) electrons. The highest BCUT2D eigenvalue weighted by molar-refractivity contribution is 5.43. The van der Waals surface area contributed by atoms with Gasteiger partial charge in [0.15, 0.2) is 0 Å². The third kappa shape index (κ3) is 1.50. The van der Waals surface area contributed by atoms with Crippen molar-refractivity contribution in [3.8, 4) is 0 Å². The summed E-state index contributed by atoms with van der Waals surface area (Å²) in [7, 11) is 1.96. The lowest BCUT2D eigenvalue weighted by atomic mass is 9.99. The fraction of sp³-hybridized carbons (Fsp3) is 0.500. The number of hydrogen-bond donors (Lipinski definition) is 2. The fourth-order valence-electron chi connectivity index (χ4n) is 2.54. The van der Waals surface area contributed by atoms with Crippen LogP contribution < -0.4 is 10.7 Å². The average molecular weight is 219 g/mol. The summed E-state index contributed by atoms with van der Waals surface area (Å²) in [5, 5.41) is 5.43. The summed E-state index contributed by atoms with van der Waals surface area (Å²) >= 11 is 0. The number of hydrogen-bond acceptors (Lipinski definition) is 4. The Kier molecular flexibility index (Phi) is 2.55. The van der Waals surface area contributed by atoms with Gasteiger partial charge in [-0.1, -0.05) is 24.3 Å². The van der Waals surface area contributed by atoms with E-state index in [1.165, 1.54) is 11.3 Å². The van der Waals surface area contributed by atoms with Crippen LogP contribution in [0.3, 0.4) is 0 Å². The molecule has 2 N–H and O–H groups in total. The summed E-state index contributed by atoms with van der Waals surface area (Å²) in [5.74, 6) is 0. The van der Waals surface area contributed by atoms with Gasteiger partial charge in [0.25, 0.3) is 0 Å². The van der Waals surface area contributed by atoms with E-state index in [2.05, 4.69) is 40.1 Å². The van der Waals surface area contributed by atoms with E-state index in [-0.39, 0.29) is 6.10 Å². The monoisotopic (exact) mass is 219 g/mol. The first-order valence-corrected chi connectivity index (χ1v) is 5.79. The van der Waals surface area contributed by atoms with Crippen molar-refractivity contribution >= 4 is 0 Å². The van der Waals surface area contributed by atoms with Gasteiger partial charge in [-0.05, 0) is 12.6 Å². The maximum absolute atomic E-state index is 5.82. The largest absolute Gasteiger partial charge is 0.369 e. The fourth-order valence-corrected chi connectivity index (χ4v) is 2.54. The summed E-state index contributed by atoms with van der Waals surface area (Å²) in [5.41, 5.74) is 6.14. The molecule has 0 spiro atoms. The molecular weight excluding hydrogens is 202 g/mol. The van der Waals surface area contributed by atoms with Crippen LogP contribution in [0.1, 0.15) is 0 Å². The zero-order valence-corrected chi connectivity index (χ0v) is 9.44. The number of morpholine rings is 1. The van der Waals surface area contributed by atoms with Crippen molar-refractivity contribution in [1.29, 1.82) is 0 Å². The minimum atomic E-state index is 0.169. The molecule has 0 bridgehead atoms. The highest BCUT2D eigenvalue weighted by atomic mass is 16.5. The quantitative estimate of drug-likeness (QED) is 0.694. The number of allylic oxidation sites excluding steroid dienone is 2. The summed E-state index contributed by atoms with van der Waals surface area (Å²) in [4.78, 5) is 0. The van der Waals surface area contributed by atoms with Crippen molar-refractivity contribution in [3.05, 3.63) is 35.6 Å². The van der Waals surface area contributed by atoms with E-state index in [1.54, 1.807) is 0 Å². The van der Waals surface area contributed by atoms with Crippen LogP contribution in [0.15, 0.2) is 35.6 Å². The van der Waals surface area contributed by atoms with Crippen LogP contribution in [0.25, 0.3) is 0 Å². The van der Waals surface area contributed by atoms with Gasteiger partial charge in [0.05, 0.1) is 24.9 Å². The average Bonchev–Trinajstić information content (AvgIpc) is 2.68. The zero-order chi connectivity index (χ0) is 11.0. The molecule has 1 fully saturated rings. The molecule has 2 heterocycles. The van der Waals surface area contributed by atoms with Crippen LogP contribution in [0.4, 0.5) is 0 Å². The van der Waals surface area contributed by atoms with Gasteiger partial charge in [0.2, 0.25) is 0 Å². The van der Waals surface area contributed by atoms with Gasteiger partial charge in [-0.3, -0.25) is 0 Å². The normalized spacial score (nSPS) is 31.9. The van der Waals surface area contributed by atoms with E-state index in [0.717, 1.165) is 19.7 Å². The molecule has 0 aromatic rings. The Balaban J connectivity index is 1.94. The number of nitrogens with zero attached hydrogens (tertiary/aromatic N) is 1. The van der Waals surface area contributed by atoms with Crippen molar-refractivity contribution < 1.29 is 4.74 Å². The van der Waals surface area contributed by atoms with Crippen molar-refractivity contribution in [2.24, 2.45) is 0 Å². The molecule has 1 aliphatic carbocycles. The molecule has 2 aliphatic heterocycles. The second kappa shape index (κ2) is 4.05. The molecule has 1 saturated heterocycles. The molecule has 3 aliphatic rings. The van der Waals surface area contributed by atoms with E-state index in [4.69, 9.17) is 4.74 Å². The molecule has 4 heteroatoms. The van der Waals surface area contributed by atoms with Gasteiger partial charge in [-0.25, -0.2) is 5.43 Å². The first kappa shape index (κ1) is 10.1. The molecule has 4 nitrogen and oxygen atoms in total. The lowest BCUT2D eigenvalue weighted by Gasteiger charge is -2.33. The smallest absolute Gasteiger partial charge is 0.111 e. The third-order valence-corrected chi connectivity index (χ3v) is 3.24. The van der Waals surface area contributed by atoms with Gasteiger partial charge in [0.1, 0.15) is 6.10 Å². The van der Waals surface area contributed by atoms with E-state index >= 15 is 0 Å². The summed E-state index contributed by atoms with van der Waals surface area (Å²) in [6, 6.07) is 0.334. The zero-order valence-electron chi connectivity index (χ0n) is 9.44. The minimum Gasteiger partial charge on any atom is -0.369 e. The summed E-state index contributed by atoms with van der Waals surface area (Å²) in [6.07, 6.45) is 8.73. The van der Waals surface area contributed by atoms with Crippen molar-refractivity contribution in [2.45, 2.75) is 12.1 Å². The number of likely N-dealkylation sites (N-methyl/N-ethyl adjacent to an activating group) is 1. The Morgan fingerprint density at radius 1 is 1.56 bits per heavy atom. The van der Waals surface area contributed by atoms with Crippen molar-refractivity contribution in [2.75, 3.05) is 26.7 Å².